The van der Waals surface area contributed by atoms with Crippen LogP contribution in [-0.4, -0.2) is 35.8 Å². The quantitative estimate of drug-likeness (QED) is 0.741. The number of benzene rings is 1. The van der Waals surface area contributed by atoms with Gasteiger partial charge in [-0.25, -0.2) is 0 Å². The Labute approximate surface area is 158 Å². The highest BCUT2D eigenvalue weighted by Gasteiger charge is 2.26. The topological polar surface area (TPSA) is 17.4 Å². The predicted octanol–water partition coefficient (Wildman–Crippen LogP) is 5.14. The van der Waals surface area contributed by atoms with Gasteiger partial charge in [0.25, 0.3) is 0 Å². The lowest BCUT2D eigenvalue weighted by Crippen LogP contribution is -2.35. The molecular formula is C23H32N2O. The molecule has 2 aromatic rings. The van der Waals surface area contributed by atoms with Gasteiger partial charge in [-0.05, 0) is 54.9 Å². The summed E-state index contributed by atoms with van der Waals surface area (Å²) in [5.74, 6) is 0.584. The summed E-state index contributed by atoms with van der Waals surface area (Å²) in [5, 5.41) is 0. The third-order valence-electron chi connectivity index (χ3n) is 6.21. The van der Waals surface area contributed by atoms with E-state index in [9.17, 15) is 0 Å². The molecule has 3 nitrogen and oxygen atoms in total. The zero-order valence-electron chi connectivity index (χ0n) is 16.5. The minimum atomic E-state index is 0.584. The van der Waals surface area contributed by atoms with Gasteiger partial charge >= 0.3 is 0 Å². The molecule has 0 atom stereocenters. The monoisotopic (exact) mass is 352 g/mol. The van der Waals surface area contributed by atoms with Crippen LogP contribution in [0, 0.1) is 6.92 Å². The second-order valence-electron chi connectivity index (χ2n) is 8.26. The van der Waals surface area contributed by atoms with Crippen LogP contribution in [0.3, 0.4) is 0 Å². The highest BCUT2D eigenvalue weighted by Crippen LogP contribution is 2.39. The van der Waals surface area contributed by atoms with Crippen LogP contribution in [0.2, 0.25) is 0 Å². The molecule has 0 spiro atoms. The Kier molecular flexibility index (Phi) is 5.19. The average molecular weight is 353 g/mol. The first-order valence-electron chi connectivity index (χ1n) is 10.2. The van der Waals surface area contributed by atoms with E-state index in [1.807, 2.05) is 0 Å². The fourth-order valence-corrected chi connectivity index (χ4v) is 4.21. The van der Waals surface area contributed by atoms with Crippen molar-refractivity contribution in [2.75, 3.05) is 26.3 Å². The molecule has 1 saturated carbocycles. The van der Waals surface area contributed by atoms with Crippen molar-refractivity contribution in [3.63, 3.8) is 0 Å². The second kappa shape index (κ2) is 7.58. The summed E-state index contributed by atoms with van der Waals surface area (Å²) in [6.07, 6.45) is 4.01. The van der Waals surface area contributed by atoms with Gasteiger partial charge in [0.1, 0.15) is 0 Å². The van der Waals surface area contributed by atoms with Crippen molar-refractivity contribution < 1.29 is 4.74 Å². The summed E-state index contributed by atoms with van der Waals surface area (Å²) in [7, 11) is 0. The standard InChI is InChI=1S/C23H32N2O/c1-17(2)19-7-9-20(10-8-19)23-15-21(16-24-11-13-26-14-12-24)18(3)25(23)22-5-4-6-22/h7-10,15,17,22H,4-6,11-14,16H2,1-3H3. The fourth-order valence-electron chi connectivity index (χ4n) is 4.21. The Balaban J connectivity index is 1.66. The van der Waals surface area contributed by atoms with Crippen LogP contribution in [0.5, 0.6) is 0 Å². The Bertz CT molecular complexity index is 734. The Hall–Kier alpha value is -1.58. The van der Waals surface area contributed by atoms with Crippen molar-refractivity contribution in [3.8, 4) is 11.3 Å². The predicted molar refractivity (Wildman–Crippen MR) is 108 cm³/mol. The third kappa shape index (κ3) is 3.47. The number of ether oxygens (including phenoxy) is 1. The van der Waals surface area contributed by atoms with Crippen LogP contribution in [0.15, 0.2) is 30.3 Å². The molecule has 1 aliphatic carbocycles. The van der Waals surface area contributed by atoms with Gasteiger partial charge in [-0.3, -0.25) is 4.90 Å². The van der Waals surface area contributed by atoms with Gasteiger partial charge in [-0.15, -0.1) is 0 Å². The molecule has 1 saturated heterocycles. The molecule has 2 aliphatic rings. The Morgan fingerprint density at radius 2 is 1.77 bits per heavy atom. The Morgan fingerprint density at radius 1 is 1.08 bits per heavy atom. The van der Waals surface area contributed by atoms with E-state index in [1.54, 1.807) is 0 Å². The van der Waals surface area contributed by atoms with E-state index in [4.69, 9.17) is 4.74 Å². The largest absolute Gasteiger partial charge is 0.379 e. The van der Waals surface area contributed by atoms with Crippen molar-refractivity contribution in [2.45, 2.75) is 58.5 Å². The maximum Gasteiger partial charge on any atom is 0.0594 e. The van der Waals surface area contributed by atoms with E-state index in [1.165, 1.54) is 47.3 Å². The maximum atomic E-state index is 5.51. The van der Waals surface area contributed by atoms with Crippen molar-refractivity contribution in [1.82, 2.24) is 9.47 Å². The number of aromatic nitrogens is 1. The van der Waals surface area contributed by atoms with Crippen LogP contribution in [0.4, 0.5) is 0 Å². The van der Waals surface area contributed by atoms with E-state index in [2.05, 4.69) is 60.6 Å². The lowest BCUT2D eigenvalue weighted by molar-refractivity contribution is 0.0341. The van der Waals surface area contributed by atoms with Crippen molar-refractivity contribution in [2.24, 2.45) is 0 Å². The molecule has 0 bridgehead atoms. The molecule has 140 valence electrons. The molecule has 0 amide bonds. The van der Waals surface area contributed by atoms with Gasteiger partial charge < -0.3 is 9.30 Å². The van der Waals surface area contributed by atoms with Crippen molar-refractivity contribution in [3.05, 3.63) is 47.2 Å². The summed E-state index contributed by atoms with van der Waals surface area (Å²) in [6, 6.07) is 12.4. The summed E-state index contributed by atoms with van der Waals surface area (Å²) in [6.45, 7) is 11.7. The van der Waals surface area contributed by atoms with E-state index in [0.717, 1.165) is 32.8 Å². The van der Waals surface area contributed by atoms with E-state index in [-0.39, 0.29) is 0 Å². The zero-order chi connectivity index (χ0) is 18.1. The van der Waals surface area contributed by atoms with Crippen LogP contribution >= 0.6 is 0 Å². The van der Waals surface area contributed by atoms with Crippen molar-refractivity contribution >= 4 is 0 Å². The highest BCUT2D eigenvalue weighted by atomic mass is 16.5. The molecule has 26 heavy (non-hydrogen) atoms. The minimum Gasteiger partial charge on any atom is -0.379 e. The van der Waals surface area contributed by atoms with Gasteiger partial charge in [0.2, 0.25) is 0 Å². The molecule has 1 aromatic heterocycles. The molecule has 2 fully saturated rings. The van der Waals surface area contributed by atoms with Gasteiger partial charge in [-0.1, -0.05) is 38.1 Å². The molecule has 0 unspecified atom stereocenters. The van der Waals surface area contributed by atoms with Gasteiger partial charge in [0.05, 0.1) is 13.2 Å². The van der Waals surface area contributed by atoms with Crippen LogP contribution in [0.1, 0.15) is 61.9 Å². The first kappa shape index (κ1) is 17.8. The Morgan fingerprint density at radius 3 is 2.35 bits per heavy atom. The number of nitrogens with zero attached hydrogens (tertiary/aromatic N) is 2. The molecule has 3 heteroatoms. The van der Waals surface area contributed by atoms with Gasteiger partial charge in [0.15, 0.2) is 0 Å². The molecule has 0 N–H and O–H groups in total. The number of rotatable bonds is 5. The zero-order valence-corrected chi connectivity index (χ0v) is 16.5. The normalized spacial score (nSPS) is 19.1. The fraction of sp³-hybridized carbons (Fsp3) is 0.565. The highest BCUT2D eigenvalue weighted by molar-refractivity contribution is 5.63. The average Bonchev–Trinajstić information content (AvgIpc) is 2.91. The SMILES string of the molecule is Cc1c(CN2CCOCC2)cc(-c2ccc(C(C)C)cc2)n1C1CCC1. The summed E-state index contributed by atoms with van der Waals surface area (Å²) in [4.78, 5) is 2.53. The first-order valence-corrected chi connectivity index (χ1v) is 10.2. The van der Waals surface area contributed by atoms with E-state index < -0.39 is 0 Å². The van der Waals surface area contributed by atoms with Crippen LogP contribution < -0.4 is 0 Å². The second-order valence-corrected chi connectivity index (χ2v) is 8.26. The smallest absolute Gasteiger partial charge is 0.0594 e. The van der Waals surface area contributed by atoms with Gasteiger partial charge in [-0.2, -0.15) is 0 Å². The molecule has 1 aromatic carbocycles. The van der Waals surface area contributed by atoms with Gasteiger partial charge in [0, 0.05) is 37.1 Å². The first-order chi connectivity index (χ1) is 12.6. The summed E-state index contributed by atoms with van der Waals surface area (Å²) in [5.41, 5.74) is 7.13. The summed E-state index contributed by atoms with van der Waals surface area (Å²) < 4.78 is 8.14. The van der Waals surface area contributed by atoms with E-state index in [0.29, 0.717) is 12.0 Å². The summed E-state index contributed by atoms with van der Waals surface area (Å²) >= 11 is 0. The third-order valence-corrected chi connectivity index (χ3v) is 6.21. The molecule has 1 aliphatic heterocycles. The maximum absolute atomic E-state index is 5.51. The number of hydrogen-bond acceptors (Lipinski definition) is 2. The van der Waals surface area contributed by atoms with Crippen LogP contribution in [0.25, 0.3) is 11.3 Å². The number of hydrogen-bond donors (Lipinski definition) is 0. The van der Waals surface area contributed by atoms with Crippen LogP contribution in [-0.2, 0) is 11.3 Å². The lowest BCUT2D eigenvalue weighted by Gasteiger charge is -2.31. The molecule has 2 heterocycles. The lowest BCUT2D eigenvalue weighted by atomic mass is 9.92. The van der Waals surface area contributed by atoms with Crippen molar-refractivity contribution in [1.29, 1.82) is 0 Å². The molecule has 0 radical (unpaired) electrons. The van der Waals surface area contributed by atoms with E-state index >= 15 is 0 Å². The molecular weight excluding hydrogens is 320 g/mol. The number of morpholine rings is 1. The minimum absolute atomic E-state index is 0.584. The molecule has 4 rings (SSSR count).